The van der Waals surface area contributed by atoms with Gasteiger partial charge in [-0.05, 0) is 122 Å². The SMILES string of the molecule is c1ccc(-c2ccc3c(-c4ccc(-n5c(-c6ccc7c(c6)c6ccccc6n7-c6ccccc6)nc6ccccc65)cc4)c4ccccc4c(-c4ccccc4)c3c2)cc1. The number of nitrogens with zero attached hydrogens (tertiary/aromatic N) is 3. The van der Waals surface area contributed by atoms with Crippen LogP contribution in [0.1, 0.15) is 0 Å². The summed E-state index contributed by atoms with van der Waals surface area (Å²) in [7, 11) is 0. The molecule has 12 aromatic rings. The number of rotatable bonds is 6. The van der Waals surface area contributed by atoms with E-state index in [1.165, 1.54) is 76.7 Å². The highest BCUT2D eigenvalue weighted by molar-refractivity contribution is 6.22. The number of hydrogen-bond donors (Lipinski definition) is 0. The standard InChI is InChI=1S/C57H37N3/c1-4-16-38(17-5-1)41-30-34-48-50(36-41)56(39-18-6-2-7-19-39)47-24-11-10-23-46(47)55(48)40-28-32-44(33-29-40)60-54-27-15-13-25-51(54)58-57(60)42-31-35-53-49(37-42)45-22-12-14-26-52(45)59(53)43-20-8-3-9-21-43/h1-37H. The van der Waals surface area contributed by atoms with E-state index in [4.69, 9.17) is 4.98 Å². The summed E-state index contributed by atoms with van der Waals surface area (Å²) in [6.45, 7) is 0. The van der Waals surface area contributed by atoms with Crippen LogP contribution in [0.5, 0.6) is 0 Å². The molecule has 280 valence electrons. The van der Waals surface area contributed by atoms with Crippen LogP contribution >= 0.6 is 0 Å². The summed E-state index contributed by atoms with van der Waals surface area (Å²) >= 11 is 0. The van der Waals surface area contributed by atoms with Crippen LogP contribution in [0.4, 0.5) is 0 Å². The Bertz CT molecular complexity index is 3560. The van der Waals surface area contributed by atoms with Gasteiger partial charge >= 0.3 is 0 Å². The lowest BCUT2D eigenvalue weighted by Gasteiger charge is -2.19. The average Bonchev–Trinajstić information content (AvgIpc) is 3.88. The van der Waals surface area contributed by atoms with E-state index < -0.39 is 0 Å². The van der Waals surface area contributed by atoms with Crippen molar-refractivity contribution in [3.8, 4) is 56.1 Å². The quantitative estimate of drug-likeness (QED) is 0.155. The third-order valence-electron chi connectivity index (χ3n) is 12.1. The van der Waals surface area contributed by atoms with Crippen molar-refractivity contribution in [2.75, 3.05) is 0 Å². The van der Waals surface area contributed by atoms with Crippen molar-refractivity contribution in [1.82, 2.24) is 14.1 Å². The molecule has 0 N–H and O–H groups in total. The van der Waals surface area contributed by atoms with Crippen LogP contribution in [0.2, 0.25) is 0 Å². The normalized spacial score (nSPS) is 11.7. The highest BCUT2D eigenvalue weighted by Crippen LogP contribution is 2.45. The van der Waals surface area contributed by atoms with Crippen molar-refractivity contribution >= 4 is 54.4 Å². The van der Waals surface area contributed by atoms with Crippen molar-refractivity contribution < 1.29 is 0 Å². The van der Waals surface area contributed by atoms with Crippen LogP contribution in [0, 0.1) is 0 Å². The van der Waals surface area contributed by atoms with E-state index in [0.717, 1.165) is 33.8 Å². The fourth-order valence-corrected chi connectivity index (χ4v) is 9.44. The second kappa shape index (κ2) is 13.8. The molecule has 0 aliphatic rings. The van der Waals surface area contributed by atoms with E-state index in [0.29, 0.717) is 0 Å². The molecule has 0 radical (unpaired) electrons. The molecule has 0 saturated carbocycles. The zero-order valence-corrected chi connectivity index (χ0v) is 32.7. The van der Waals surface area contributed by atoms with Crippen LogP contribution in [0.25, 0.3) is 111 Å². The molecule has 0 fully saturated rings. The van der Waals surface area contributed by atoms with Crippen LogP contribution < -0.4 is 0 Å². The first-order chi connectivity index (χ1) is 29.8. The minimum absolute atomic E-state index is 0.916. The summed E-state index contributed by atoms with van der Waals surface area (Å²) in [4.78, 5) is 5.30. The van der Waals surface area contributed by atoms with E-state index in [2.05, 4.69) is 234 Å². The minimum Gasteiger partial charge on any atom is -0.309 e. The van der Waals surface area contributed by atoms with Gasteiger partial charge in [-0.1, -0.05) is 158 Å². The number of hydrogen-bond acceptors (Lipinski definition) is 1. The Kier molecular flexibility index (Phi) is 7.85. The fourth-order valence-electron chi connectivity index (χ4n) is 9.44. The molecule has 2 heterocycles. The zero-order valence-electron chi connectivity index (χ0n) is 32.7. The molecular weight excluding hydrogens is 727 g/mol. The highest BCUT2D eigenvalue weighted by Gasteiger charge is 2.20. The molecule has 0 unspecified atom stereocenters. The van der Waals surface area contributed by atoms with Gasteiger partial charge in [-0.2, -0.15) is 0 Å². The average molecular weight is 764 g/mol. The number of fused-ring (bicyclic) bond motifs is 6. The maximum Gasteiger partial charge on any atom is 0.145 e. The van der Waals surface area contributed by atoms with Crippen molar-refractivity contribution in [3.05, 3.63) is 224 Å². The van der Waals surface area contributed by atoms with Gasteiger partial charge in [-0.3, -0.25) is 4.57 Å². The second-order valence-electron chi connectivity index (χ2n) is 15.5. The van der Waals surface area contributed by atoms with Gasteiger partial charge in [-0.15, -0.1) is 0 Å². The Morgan fingerprint density at radius 3 is 1.48 bits per heavy atom. The van der Waals surface area contributed by atoms with Gasteiger partial charge in [0, 0.05) is 27.7 Å². The van der Waals surface area contributed by atoms with Gasteiger partial charge in [0.15, 0.2) is 0 Å². The first-order valence-electron chi connectivity index (χ1n) is 20.6. The van der Waals surface area contributed by atoms with Crippen LogP contribution in [-0.4, -0.2) is 14.1 Å². The largest absolute Gasteiger partial charge is 0.309 e. The van der Waals surface area contributed by atoms with Crippen LogP contribution in [-0.2, 0) is 0 Å². The van der Waals surface area contributed by atoms with Gasteiger partial charge in [0.05, 0.1) is 22.1 Å². The molecule has 60 heavy (non-hydrogen) atoms. The Labute approximate surface area is 347 Å². The Hall–Kier alpha value is -8.01. The zero-order chi connectivity index (χ0) is 39.6. The molecule has 3 nitrogen and oxygen atoms in total. The van der Waals surface area contributed by atoms with E-state index in [1.807, 2.05) is 0 Å². The topological polar surface area (TPSA) is 22.8 Å². The van der Waals surface area contributed by atoms with Gasteiger partial charge in [0.1, 0.15) is 5.82 Å². The fraction of sp³-hybridized carbons (Fsp3) is 0. The third kappa shape index (κ3) is 5.40. The van der Waals surface area contributed by atoms with Crippen molar-refractivity contribution in [1.29, 1.82) is 0 Å². The number of aromatic nitrogens is 3. The molecule has 0 atom stereocenters. The second-order valence-corrected chi connectivity index (χ2v) is 15.5. The van der Waals surface area contributed by atoms with E-state index in [9.17, 15) is 0 Å². The van der Waals surface area contributed by atoms with Gasteiger partial charge in [0.25, 0.3) is 0 Å². The summed E-state index contributed by atoms with van der Waals surface area (Å²) in [5.74, 6) is 0.916. The minimum atomic E-state index is 0.916. The molecule has 0 bridgehead atoms. The lowest BCUT2D eigenvalue weighted by Crippen LogP contribution is -1.98. The maximum atomic E-state index is 5.30. The molecule has 0 saturated heterocycles. The van der Waals surface area contributed by atoms with Gasteiger partial charge < -0.3 is 4.57 Å². The van der Waals surface area contributed by atoms with Crippen molar-refractivity contribution in [2.24, 2.45) is 0 Å². The number of imidazole rings is 1. The number of benzene rings is 10. The summed E-state index contributed by atoms with van der Waals surface area (Å²) < 4.78 is 4.68. The lowest BCUT2D eigenvalue weighted by atomic mass is 9.85. The first-order valence-corrected chi connectivity index (χ1v) is 20.6. The summed E-state index contributed by atoms with van der Waals surface area (Å²) in [6.07, 6.45) is 0. The molecule has 0 spiro atoms. The predicted octanol–water partition coefficient (Wildman–Crippen LogP) is 15.1. The van der Waals surface area contributed by atoms with Gasteiger partial charge in [-0.25, -0.2) is 4.98 Å². The lowest BCUT2D eigenvalue weighted by molar-refractivity contribution is 1.10. The number of para-hydroxylation sites is 4. The van der Waals surface area contributed by atoms with E-state index >= 15 is 0 Å². The molecule has 0 aliphatic heterocycles. The van der Waals surface area contributed by atoms with Crippen molar-refractivity contribution in [3.63, 3.8) is 0 Å². The van der Waals surface area contributed by atoms with Crippen LogP contribution in [0.15, 0.2) is 224 Å². The smallest absolute Gasteiger partial charge is 0.145 e. The third-order valence-corrected chi connectivity index (χ3v) is 12.1. The molecular formula is C57H37N3. The van der Waals surface area contributed by atoms with Crippen molar-refractivity contribution in [2.45, 2.75) is 0 Å². The van der Waals surface area contributed by atoms with E-state index in [1.54, 1.807) is 0 Å². The highest BCUT2D eigenvalue weighted by atomic mass is 15.1. The molecule has 12 rings (SSSR count). The monoisotopic (exact) mass is 763 g/mol. The maximum absolute atomic E-state index is 5.30. The molecule has 2 aromatic heterocycles. The molecule has 10 aromatic carbocycles. The van der Waals surface area contributed by atoms with Gasteiger partial charge in [0.2, 0.25) is 0 Å². The summed E-state index contributed by atoms with van der Waals surface area (Å²) in [5.41, 5.74) is 15.0. The first kappa shape index (κ1) is 34.1. The molecule has 0 amide bonds. The Balaban J connectivity index is 1.04. The Morgan fingerprint density at radius 1 is 0.267 bits per heavy atom. The van der Waals surface area contributed by atoms with E-state index in [-0.39, 0.29) is 0 Å². The molecule has 0 aliphatic carbocycles. The predicted molar refractivity (Wildman–Crippen MR) is 252 cm³/mol. The summed E-state index contributed by atoms with van der Waals surface area (Å²) in [6, 6.07) is 81.1. The molecule has 3 heteroatoms. The van der Waals surface area contributed by atoms with Crippen LogP contribution in [0.3, 0.4) is 0 Å². The summed E-state index contributed by atoms with van der Waals surface area (Å²) in [5, 5.41) is 7.38. The Morgan fingerprint density at radius 2 is 0.750 bits per heavy atom.